The zero-order valence-electron chi connectivity index (χ0n) is 13.5. The quantitative estimate of drug-likeness (QED) is 0.572. The van der Waals surface area contributed by atoms with Crippen LogP contribution in [-0.2, 0) is 0 Å². The van der Waals surface area contributed by atoms with Crippen LogP contribution in [0.3, 0.4) is 0 Å². The summed E-state index contributed by atoms with van der Waals surface area (Å²) in [4.78, 5) is 0. The van der Waals surface area contributed by atoms with Crippen LogP contribution in [0.5, 0.6) is 0 Å². The summed E-state index contributed by atoms with van der Waals surface area (Å²) in [6.07, 6.45) is 5.21. The van der Waals surface area contributed by atoms with Gasteiger partial charge in [-0.25, -0.2) is 0 Å². The Morgan fingerprint density at radius 2 is 0.947 bits per heavy atom. The molecular formula is C16H34O3. The Balaban J connectivity index is 4.45. The molecule has 0 aromatic rings. The van der Waals surface area contributed by atoms with E-state index >= 15 is 0 Å². The average Bonchev–Trinajstić information content (AvgIpc) is 2.42. The van der Waals surface area contributed by atoms with Gasteiger partial charge in [0, 0.05) is 0 Å². The molecule has 0 aliphatic carbocycles. The highest BCUT2D eigenvalue weighted by atomic mass is 16.3. The van der Waals surface area contributed by atoms with Crippen LogP contribution < -0.4 is 0 Å². The SMILES string of the molecule is CCC(C)(O)CCC(O)(CC)CCC(O)(CC)CC. The van der Waals surface area contributed by atoms with Crippen molar-refractivity contribution in [2.75, 3.05) is 0 Å². The zero-order chi connectivity index (χ0) is 15.2. The van der Waals surface area contributed by atoms with E-state index in [1.54, 1.807) is 0 Å². The molecule has 3 nitrogen and oxygen atoms in total. The summed E-state index contributed by atoms with van der Waals surface area (Å²) in [7, 11) is 0. The average molecular weight is 274 g/mol. The van der Waals surface area contributed by atoms with Gasteiger partial charge in [-0.3, -0.25) is 0 Å². The highest BCUT2D eigenvalue weighted by Crippen LogP contribution is 2.32. The van der Waals surface area contributed by atoms with E-state index in [1.165, 1.54) is 0 Å². The molecule has 19 heavy (non-hydrogen) atoms. The van der Waals surface area contributed by atoms with Gasteiger partial charge in [-0.2, -0.15) is 0 Å². The summed E-state index contributed by atoms with van der Waals surface area (Å²) in [5.74, 6) is 0. The molecule has 0 heterocycles. The Bertz CT molecular complexity index is 246. The minimum absolute atomic E-state index is 0.591. The molecule has 0 radical (unpaired) electrons. The van der Waals surface area contributed by atoms with Crippen LogP contribution in [0.1, 0.15) is 86.0 Å². The van der Waals surface area contributed by atoms with Crippen LogP contribution >= 0.6 is 0 Å². The molecule has 0 saturated heterocycles. The maximum atomic E-state index is 10.6. The van der Waals surface area contributed by atoms with E-state index in [4.69, 9.17) is 0 Å². The lowest BCUT2D eigenvalue weighted by atomic mass is 9.80. The molecule has 2 atom stereocenters. The summed E-state index contributed by atoms with van der Waals surface area (Å²) in [6.45, 7) is 9.71. The van der Waals surface area contributed by atoms with Gasteiger partial charge >= 0.3 is 0 Å². The number of aliphatic hydroxyl groups is 3. The Morgan fingerprint density at radius 3 is 1.32 bits per heavy atom. The van der Waals surface area contributed by atoms with Gasteiger partial charge < -0.3 is 15.3 Å². The van der Waals surface area contributed by atoms with Crippen LogP contribution in [0.25, 0.3) is 0 Å². The van der Waals surface area contributed by atoms with Crippen molar-refractivity contribution in [3.8, 4) is 0 Å². The fraction of sp³-hybridized carbons (Fsp3) is 1.00. The maximum absolute atomic E-state index is 10.6. The van der Waals surface area contributed by atoms with Gasteiger partial charge in [0.1, 0.15) is 0 Å². The van der Waals surface area contributed by atoms with Crippen molar-refractivity contribution in [1.29, 1.82) is 0 Å². The zero-order valence-corrected chi connectivity index (χ0v) is 13.5. The first-order valence-corrected chi connectivity index (χ1v) is 7.83. The maximum Gasteiger partial charge on any atom is 0.0647 e. The first-order valence-electron chi connectivity index (χ1n) is 7.83. The molecule has 0 rings (SSSR count). The summed E-state index contributed by atoms with van der Waals surface area (Å²) in [5.41, 5.74) is -2.12. The summed E-state index contributed by atoms with van der Waals surface area (Å²) in [5, 5.41) is 31.0. The van der Waals surface area contributed by atoms with Gasteiger partial charge in [-0.15, -0.1) is 0 Å². The highest BCUT2D eigenvalue weighted by molar-refractivity contribution is 4.85. The monoisotopic (exact) mass is 274 g/mol. The molecule has 0 bridgehead atoms. The van der Waals surface area contributed by atoms with E-state index in [0.29, 0.717) is 38.5 Å². The van der Waals surface area contributed by atoms with Crippen molar-refractivity contribution in [3.05, 3.63) is 0 Å². The molecule has 116 valence electrons. The van der Waals surface area contributed by atoms with Gasteiger partial charge in [-0.05, 0) is 58.3 Å². The van der Waals surface area contributed by atoms with E-state index in [2.05, 4.69) is 0 Å². The third-order valence-corrected chi connectivity index (χ3v) is 4.92. The smallest absolute Gasteiger partial charge is 0.0647 e. The minimum Gasteiger partial charge on any atom is -0.390 e. The fourth-order valence-electron chi connectivity index (χ4n) is 2.23. The van der Waals surface area contributed by atoms with Crippen molar-refractivity contribution in [1.82, 2.24) is 0 Å². The van der Waals surface area contributed by atoms with Crippen LogP contribution in [0.4, 0.5) is 0 Å². The van der Waals surface area contributed by atoms with Crippen LogP contribution in [0, 0.1) is 0 Å². The van der Waals surface area contributed by atoms with Crippen molar-refractivity contribution in [2.45, 2.75) is 103 Å². The molecule has 0 aromatic carbocycles. The molecule has 2 unspecified atom stereocenters. The summed E-state index contributed by atoms with van der Waals surface area (Å²) >= 11 is 0. The number of rotatable bonds is 10. The summed E-state index contributed by atoms with van der Waals surface area (Å²) in [6, 6.07) is 0. The van der Waals surface area contributed by atoms with Crippen LogP contribution in [-0.4, -0.2) is 32.1 Å². The largest absolute Gasteiger partial charge is 0.390 e. The molecule has 0 saturated carbocycles. The predicted octanol–water partition coefficient (Wildman–Crippen LogP) is 3.40. The highest BCUT2D eigenvalue weighted by Gasteiger charge is 2.32. The second kappa shape index (κ2) is 7.61. The first kappa shape index (κ1) is 18.9. The molecule has 0 fully saturated rings. The molecule has 3 heteroatoms. The molecule has 0 amide bonds. The lowest BCUT2D eigenvalue weighted by Gasteiger charge is -2.34. The van der Waals surface area contributed by atoms with Crippen molar-refractivity contribution >= 4 is 0 Å². The lowest BCUT2D eigenvalue weighted by Crippen LogP contribution is -2.36. The molecule has 3 N–H and O–H groups in total. The van der Waals surface area contributed by atoms with Gasteiger partial charge in [0.15, 0.2) is 0 Å². The molecule has 0 aliphatic heterocycles. The standard InChI is InChI=1S/C16H34O3/c1-6-14(5,17)10-11-16(19,9-4)13-12-15(18,7-2)8-3/h17-19H,6-13H2,1-5H3. The van der Waals surface area contributed by atoms with E-state index in [0.717, 1.165) is 12.8 Å². The van der Waals surface area contributed by atoms with Crippen LogP contribution in [0.2, 0.25) is 0 Å². The summed E-state index contributed by atoms with van der Waals surface area (Å²) < 4.78 is 0. The number of hydrogen-bond acceptors (Lipinski definition) is 3. The van der Waals surface area contributed by atoms with Crippen molar-refractivity contribution < 1.29 is 15.3 Å². The first-order chi connectivity index (χ1) is 8.66. The fourth-order valence-corrected chi connectivity index (χ4v) is 2.23. The number of hydrogen-bond donors (Lipinski definition) is 3. The predicted molar refractivity (Wildman–Crippen MR) is 80.2 cm³/mol. The lowest BCUT2D eigenvalue weighted by molar-refractivity contribution is -0.0468. The van der Waals surface area contributed by atoms with Gasteiger partial charge in [-0.1, -0.05) is 27.7 Å². The second-order valence-corrected chi connectivity index (χ2v) is 6.36. The third kappa shape index (κ3) is 6.73. The van der Waals surface area contributed by atoms with Gasteiger partial charge in [0.05, 0.1) is 16.8 Å². The Labute approximate surface area is 119 Å². The molecular weight excluding hydrogens is 240 g/mol. The van der Waals surface area contributed by atoms with Crippen LogP contribution in [0.15, 0.2) is 0 Å². The minimum atomic E-state index is -0.766. The van der Waals surface area contributed by atoms with E-state index < -0.39 is 16.8 Å². The van der Waals surface area contributed by atoms with E-state index in [-0.39, 0.29) is 0 Å². The molecule has 0 aromatic heterocycles. The molecule has 0 aliphatic rings. The topological polar surface area (TPSA) is 60.7 Å². The van der Waals surface area contributed by atoms with Crippen molar-refractivity contribution in [2.24, 2.45) is 0 Å². The van der Waals surface area contributed by atoms with E-state index in [9.17, 15) is 15.3 Å². The normalized spacial score (nSPS) is 18.9. The van der Waals surface area contributed by atoms with E-state index in [1.807, 2.05) is 34.6 Å². The molecule has 0 spiro atoms. The Hall–Kier alpha value is -0.120. The Kier molecular flexibility index (Phi) is 7.56. The van der Waals surface area contributed by atoms with Gasteiger partial charge in [0.2, 0.25) is 0 Å². The second-order valence-electron chi connectivity index (χ2n) is 6.36. The third-order valence-electron chi connectivity index (χ3n) is 4.92. The van der Waals surface area contributed by atoms with Crippen molar-refractivity contribution in [3.63, 3.8) is 0 Å². The van der Waals surface area contributed by atoms with Gasteiger partial charge in [0.25, 0.3) is 0 Å². The Morgan fingerprint density at radius 1 is 0.579 bits per heavy atom.